The smallest absolute Gasteiger partial charge is 0.356 e. The largest absolute Gasteiger partial charge is 0.461 e. The van der Waals surface area contributed by atoms with E-state index in [1.165, 1.54) is 0 Å². The summed E-state index contributed by atoms with van der Waals surface area (Å²) in [6.07, 6.45) is 1.23. The zero-order chi connectivity index (χ0) is 11.2. The van der Waals surface area contributed by atoms with Crippen molar-refractivity contribution >= 4 is 11.7 Å². The molecule has 4 nitrogen and oxygen atoms in total. The molecule has 82 valence electrons. The summed E-state index contributed by atoms with van der Waals surface area (Å²) in [4.78, 5) is 11.2. The van der Waals surface area contributed by atoms with Crippen LogP contribution in [0.25, 0.3) is 0 Å². The number of nitrogens with zero attached hydrogens (tertiary/aromatic N) is 1. The van der Waals surface area contributed by atoms with Crippen molar-refractivity contribution in [2.45, 2.75) is 40.5 Å². The van der Waals surface area contributed by atoms with E-state index < -0.39 is 5.97 Å². The molecule has 4 heteroatoms. The lowest BCUT2D eigenvalue weighted by molar-refractivity contribution is -0.135. The van der Waals surface area contributed by atoms with Crippen molar-refractivity contribution in [2.24, 2.45) is 10.6 Å². The highest BCUT2D eigenvalue weighted by molar-refractivity contribution is 6.36. The lowest BCUT2D eigenvalue weighted by atomic mass is 9.89. The van der Waals surface area contributed by atoms with Gasteiger partial charge < -0.3 is 9.94 Å². The van der Waals surface area contributed by atoms with E-state index in [2.05, 4.69) is 25.9 Å². The highest BCUT2D eigenvalue weighted by Crippen LogP contribution is 2.20. The third kappa shape index (κ3) is 5.56. The van der Waals surface area contributed by atoms with E-state index >= 15 is 0 Å². The Balaban J connectivity index is 4.12. The molecular weight excluding hydrogens is 182 g/mol. The minimum absolute atomic E-state index is 0.0989. The molecule has 0 spiro atoms. The molecule has 0 unspecified atom stereocenters. The Morgan fingerprint density at radius 1 is 1.43 bits per heavy atom. The SMILES string of the molecule is CCOC(=O)C(CCC(C)(C)C)=NO. The van der Waals surface area contributed by atoms with Gasteiger partial charge in [-0.1, -0.05) is 25.9 Å². The van der Waals surface area contributed by atoms with Gasteiger partial charge in [-0.25, -0.2) is 4.79 Å². The van der Waals surface area contributed by atoms with Gasteiger partial charge in [-0.2, -0.15) is 0 Å². The molecule has 14 heavy (non-hydrogen) atoms. The maximum Gasteiger partial charge on any atom is 0.356 e. The van der Waals surface area contributed by atoms with Gasteiger partial charge in [0.15, 0.2) is 5.71 Å². The molecule has 0 amide bonds. The molecule has 0 fully saturated rings. The number of rotatable bonds is 4. The van der Waals surface area contributed by atoms with Gasteiger partial charge in [0.1, 0.15) is 0 Å². The van der Waals surface area contributed by atoms with Crippen LogP contribution in [0.4, 0.5) is 0 Å². The average Bonchev–Trinajstić information content (AvgIpc) is 2.03. The maximum absolute atomic E-state index is 11.2. The molecule has 0 aromatic carbocycles. The zero-order valence-corrected chi connectivity index (χ0v) is 9.33. The van der Waals surface area contributed by atoms with E-state index in [1.54, 1.807) is 6.92 Å². The second kappa shape index (κ2) is 5.62. The van der Waals surface area contributed by atoms with Crippen LogP contribution in [-0.4, -0.2) is 23.5 Å². The number of carbonyl (C=O) groups is 1. The zero-order valence-electron chi connectivity index (χ0n) is 9.33. The Bertz CT molecular complexity index is 216. The number of oxime groups is 1. The van der Waals surface area contributed by atoms with Gasteiger partial charge in [0, 0.05) is 6.42 Å². The fraction of sp³-hybridized carbons (Fsp3) is 0.800. The molecule has 0 bridgehead atoms. The predicted octanol–water partition coefficient (Wildman–Crippen LogP) is 2.21. The molecule has 1 N–H and O–H groups in total. The second-order valence-electron chi connectivity index (χ2n) is 4.33. The van der Waals surface area contributed by atoms with Crippen LogP contribution in [-0.2, 0) is 9.53 Å². The fourth-order valence-corrected chi connectivity index (χ4v) is 0.901. The van der Waals surface area contributed by atoms with Gasteiger partial charge in [-0.15, -0.1) is 0 Å². The Morgan fingerprint density at radius 3 is 2.36 bits per heavy atom. The summed E-state index contributed by atoms with van der Waals surface area (Å²) in [7, 11) is 0. The summed E-state index contributed by atoms with van der Waals surface area (Å²) in [6, 6.07) is 0. The van der Waals surface area contributed by atoms with Crippen LogP contribution in [0.1, 0.15) is 40.5 Å². The van der Waals surface area contributed by atoms with Crippen molar-refractivity contribution in [3.8, 4) is 0 Å². The van der Waals surface area contributed by atoms with E-state index in [0.29, 0.717) is 13.0 Å². The van der Waals surface area contributed by atoms with E-state index in [1.807, 2.05) is 0 Å². The molecule has 0 heterocycles. The number of esters is 1. The van der Waals surface area contributed by atoms with Crippen LogP contribution in [0.2, 0.25) is 0 Å². The van der Waals surface area contributed by atoms with E-state index in [4.69, 9.17) is 9.94 Å². The van der Waals surface area contributed by atoms with E-state index in [9.17, 15) is 4.79 Å². The normalized spacial score (nSPS) is 12.7. The number of ether oxygens (including phenoxy) is 1. The molecule has 0 saturated carbocycles. The van der Waals surface area contributed by atoms with E-state index in [0.717, 1.165) is 6.42 Å². The number of hydrogen-bond donors (Lipinski definition) is 1. The highest BCUT2D eigenvalue weighted by Gasteiger charge is 2.17. The summed E-state index contributed by atoms with van der Waals surface area (Å²) in [6.45, 7) is 8.21. The van der Waals surface area contributed by atoms with Crippen LogP contribution in [0.3, 0.4) is 0 Å². The summed E-state index contributed by atoms with van der Waals surface area (Å²) in [5.41, 5.74) is 0.212. The van der Waals surface area contributed by atoms with Crippen LogP contribution < -0.4 is 0 Å². The van der Waals surface area contributed by atoms with Crippen molar-refractivity contribution in [1.82, 2.24) is 0 Å². The Labute approximate surface area is 84.9 Å². The average molecular weight is 201 g/mol. The molecule has 0 aliphatic rings. The Kier molecular flexibility index (Phi) is 5.20. The van der Waals surface area contributed by atoms with Crippen molar-refractivity contribution in [3.63, 3.8) is 0 Å². The minimum atomic E-state index is -0.528. The summed E-state index contributed by atoms with van der Waals surface area (Å²) in [5.74, 6) is -0.528. The van der Waals surface area contributed by atoms with Gasteiger partial charge in [0.05, 0.1) is 6.61 Å². The monoisotopic (exact) mass is 201 g/mol. The van der Waals surface area contributed by atoms with Gasteiger partial charge >= 0.3 is 5.97 Å². The molecule has 0 aromatic rings. The van der Waals surface area contributed by atoms with Crippen molar-refractivity contribution < 1.29 is 14.7 Å². The first-order valence-corrected chi connectivity index (χ1v) is 4.78. The topological polar surface area (TPSA) is 58.9 Å². The van der Waals surface area contributed by atoms with Crippen molar-refractivity contribution in [2.75, 3.05) is 6.61 Å². The molecule has 0 rings (SSSR count). The van der Waals surface area contributed by atoms with Gasteiger partial charge in [0.2, 0.25) is 0 Å². The summed E-state index contributed by atoms with van der Waals surface area (Å²) >= 11 is 0. The molecule has 0 saturated heterocycles. The maximum atomic E-state index is 11.2. The minimum Gasteiger partial charge on any atom is -0.461 e. The molecule has 0 aliphatic carbocycles. The first kappa shape index (κ1) is 12.9. The third-order valence-electron chi connectivity index (χ3n) is 1.74. The first-order chi connectivity index (χ1) is 6.40. The van der Waals surface area contributed by atoms with Crippen LogP contribution in [0.15, 0.2) is 5.16 Å². The lowest BCUT2D eigenvalue weighted by Crippen LogP contribution is -2.19. The van der Waals surface area contributed by atoms with Crippen molar-refractivity contribution in [3.05, 3.63) is 0 Å². The Morgan fingerprint density at radius 2 is 2.00 bits per heavy atom. The quantitative estimate of drug-likeness (QED) is 0.328. The molecule has 0 aliphatic heterocycles. The predicted molar refractivity (Wildman–Crippen MR) is 54.5 cm³/mol. The van der Waals surface area contributed by atoms with Crippen LogP contribution in [0.5, 0.6) is 0 Å². The van der Waals surface area contributed by atoms with Crippen molar-refractivity contribution in [1.29, 1.82) is 0 Å². The van der Waals surface area contributed by atoms with Gasteiger partial charge in [-0.3, -0.25) is 0 Å². The second-order valence-corrected chi connectivity index (χ2v) is 4.33. The number of hydrogen-bond acceptors (Lipinski definition) is 4. The van der Waals surface area contributed by atoms with E-state index in [-0.39, 0.29) is 11.1 Å². The highest BCUT2D eigenvalue weighted by atomic mass is 16.5. The molecule has 0 atom stereocenters. The number of carbonyl (C=O) groups excluding carboxylic acids is 1. The molecule has 0 radical (unpaired) electrons. The Hall–Kier alpha value is -1.06. The summed E-state index contributed by atoms with van der Waals surface area (Å²) in [5, 5.41) is 11.6. The van der Waals surface area contributed by atoms with Gasteiger partial charge in [-0.05, 0) is 18.8 Å². The fourth-order valence-electron chi connectivity index (χ4n) is 0.901. The third-order valence-corrected chi connectivity index (χ3v) is 1.74. The standard InChI is InChI=1S/C10H19NO3/c1-5-14-9(12)8(11-13)6-7-10(2,3)4/h13H,5-7H2,1-4H3. The molecule has 0 aromatic heterocycles. The first-order valence-electron chi connectivity index (χ1n) is 4.78. The van der Waals surface area contributed by atoms with Crippen LogP contribution >= 0.6 is 0 Å². The lowest BCUT2D eigenvalue weighted by Gasteiger charge is -2.17. The van der Waals surface area contributed by atoms with Gasteiger partial charge in [0.25, 0.3) is 0 Å². The molecular formula is C10H19NO3. The summed E-state index contributed by atoms with van der Waals surface area (Å²) < 4.78 is 4.73. The van der Waals surface area contributed by atoms with Crippen LogP contribution in [0, 0.1) is 5.41 Å².